The molecule has 0 aliphatic carbocycles. The average molecular weight is 797 g/mol. The normalized spacial score (nSPS) is 11.9. The highest BCUT2D eigenvalue weighted by Crippen LogP contribution is 2.49. The summed E-state index contributed by atoms with van der Waals surface area (Å²) in [5, 5.41) is 8.61. The van der Waals surface area contributed by atoms with Gasteiger partial charge in [-0.1, -0.05) is 201 Å². The van der Waals surface area contributed by atoms with Crippen LogP contribution in [0.15, 0.2) is 201 Å². The van der Waals surface area contributed by atoms with Gasteiger partial charge in [-0.2, -0.15) is 0 Å². The van der Waals surface area contributed by atoms with Gasteiger partial charge >= 0.3 is 0 Å². The van der Waals surface area contributed by atoms with Gasteiger partial charge in [0, 0.05) is 20.5 Å². The first-order valence-electron chi connectivity index (χ1n) is 21.0. The molecule has 0 spiro atoms. The zero-order valence-corrected chi connectivity index (χ0v) is 35.3. The molecule has 1 heterocycles. The molecule has 0 saturated carbocycles. The van der Waals surface area contributed by atoms with Gasteiger partial charge in [-0.25, -0.2) is 0 Å². The minimum absolute atomic E-state index is 1.11. The third kappa shape index (κ3) is 6.38. The molecule has 1 aromatic heterocycles. The lowest BCUT2D eigenvalue weighted by Crippen LogP contribution is -2.00. The Balaban J connectivity index is 1.24. The summed E-state index contributed by atoms with van der Waals surface area (Å²) in [4.78, 5) is 1.15. The molecule has 10 aromatic rings. The molecule has 0 unspecified atom stereocenters. The molecule has 0 amide bonds. The molecule has 61 heavy (non-hydrogen) atoms. The van der Waals surface area contributed by atoms with Crippen LogP contribution in [0.25, 0.3) is 111 Å². The van der Waals surface area contributed by atoms with E-state index >= 15 is 0 Å². The van der Waals surface area contributed by atoms with E-state index in [0.717, 1.165) is 16.0 Å². The first-order valence-corrected chi connectivity index (χ1v) is 21.8. The van der Waals surface area contributed by atoms with Crippen molar-refractivity contribution >= 4 is 77.5 Å². The number of allylic oxidation sites excluding steroid dienone is 2. The van der Waals surface area contributed by atoms with E-state index in [9.17, 15) is 0 Å². The fourth-order valence-corrected chi connectivity index (χ4v) is 10.6. The Morgan fingerprint density at radius 3 is 1.49 bits per heavy atom. The number of benzene rings is 9. The summed E-state index contributed by atoms with van der Waals surface area (Å²) >= 11 is 1.81. The Hall–Kier alpha value is -7.32. The molecule has 0 nitrogen and oxygen atoms in total. The van der Waals surface area contributed by atoms with Crippen molar-refractivity contribution in [1.29, 1.82) is 0 Å². The molecule has 0 N–H and O–H groups in total. The smallest absolute Gasteiger partial charge is 0.0356 e. The topological polar surface area (TPSA) is 0 Å². The van der Waals surface area contributed by atoms with Gasteiger partial charge in [0.2, 0.25) is 0 Å². The van der Waals surface area contributed by atoms with E-state index in [0.29, 0.717) is 0 Å². The number of rotatable bonds is 9. The lowest BCUT2D eigenvalue weighted by atomic mass is 9.80. The third-order valence-corrected chi connectivity index (χ3v) is 13.3. The van der Waals surface area contributed by atoms with Gasteiger partial charge in [-0.3, -0.25) is 0 Å². The van der Waals surface area contributed by atoms with Crippen LogP contribution in [0, 0.1) is 0 Å². The van der Waals surface area contributed by atoms with Crippen LogP contribution >= 0.6 is 11.3 Å². The fraction of sp³-hybridized carbons (Fsp3) is 0.0333. The Morgan fingerprint density at radius 2 is 0.918 bits per heavy atom. The van der Waals surface area contributed by atoms with Gasteiger partial charge in [0.1, 0.15) is 0 Å². The molecule has 0 aliphatic heterocycles. The van der Waals surface area contributed by atoms with E-state index in [2.05, 4.69) is 227 Å². The van der Waals surface area contributed by atoms with E-state index in [1.54, 1.807) is 0 Å². The summed E-state index contributed by atoms with van der Waals surface area (Å²) in [6.45, 7) is 13.2. The van der Waals surface area contributed by atoms with Gasteiger partial charge < -0.3 is 0 Å². The second-order valence-electron chi connectivity index (χ2n) is 15.4. The van der Waals surface area contributed by atoms with E-state index in [1.807, 2.05) is 17.4 Å². The highest BCUT2D eigenvalue weighted by molar-refractivity contribution is 7.20. The van der Waals surface area contributed by atoms with E-state index < -0.39 is 0 Å². The molecule has 0 atom stereocenters. The summed E-state index contributed by atoms with van der Waals surface area (Å²) in [5.41, 5.74) is 15.6. The Bertz CT molecular complexity index is 3340. The highest BCUT2D eigenvalue weighted by atomic mass is 32.1. The minimum atomic E-state index is 1.11. The predicted molar refractivity (Wildman–Crippen MR) is 270 cm³/mol. The molecule has 9 aromatic carbocycles. The standard InChI is InChI=1S/C60H44S/c1-5-22-46-44(6-2)59(52-34-20-19-33-51(52)57(46)42-28-21-27-41(37-42)39-23-11-9-12-24-39)45(7-3)60-53-38-43(35-36-55(53)61-54(60)8-4)58-49-31-17-15-29-47(49)56(40-25-13-10-14-26-40)48-30-16-18-32-50(48)58/h5-38H,2,4H2,1,3H3/b22-5-,45-7-. The molecular weight excluding hydrogens is 753 g/mol. The molecule has 0 fully saturated rings. The largest absolute Gasteiger partial charge is 0.135 e. The zero-order chi connectivity index (χ0) is 41.5. The number of thiophene rings is 1. The number of fused-ring (bicyclic) bond motifs is 4. The van der Waals surface area contributed by atoms with Crippen molar-refractivity contribution in [2.75, 3.05) is 0 Å². The quantitative estimate of drug-likeness (QED) is 0.128. The van der Waals surface area contributed by atoms with Crippen molar-refractivity contribution in [3.05, 3.63) is 228 Å². The Labute approximate surface area is 362 Å². The van der Waals surface area contributed by atoms with Gasteiger partial charge in [0.25, 0.3) is 0 Å². The molecular formula is C60H44S. The summed E-state index contributed by atoms with van der Waals surface area (Å²) in [6, 6.07) is 64.2. The Morgan fingerprint density at radius 1 is 0.410 bits per heavy atom. The predicted octanol–water partition coefficient (Wildman–Crippen LogP) is 17.8. The maximum Gasteiger partial charge on any atom is 0.0356 e. The van der Waals surface area contributed by atoms with Crippen LogP contribution in [0.1, 0.15) is 41.0 Å². The molecule has 10 rings (SSSR count). The fourth-order valence-electron chi connectivity index (χ4n) is 9.58. The van der Waals surface area contributed by atoms with Crippen molar-refractivity contribution in [3.63, 3.8) is 0 Å². The molecule has 0 radical (unpaired) electrons. The van der Waals surface area contributed by atoms with Crippen LogP contribution in [-0.4, -0.2) is 0 Å². The molecule has 1 heteroatoms. The first-order chi connectivity index (χ1) is 30.1. The van der Waals surface area contributed by atoms with Crippen LogP contribution in [0.4, 0.5) is 0 Å². The monoisotopic (exact) mass is 796 g/mol. The van der Waals surface area contributed by atoms with E-state index in [-0.39, 0.29) is 0 Å². The van der Waals surface area contributed by atoms with Crippen LogP contribution in [0.5, 0.6) is 0 Å². The number of hydrogen-bond donors (Lipinski definition) is 0. The van der Waals surface area contributed by atoms with Crippen molar-refractivity contribution in [2.24, 2.45) is 0 Å². The van der Waals surface area contributed by atoms with Crippen LogP contribution in [-0.2, 0) is 0 Å². The summed E-state index contributed by atoms with van der Waals surface area (Å²) in [5.74, 6) is 0. The zero-order valence-electron chi connectivity index (χ0n) is 34.5. The molecule has 290 valence electrons. The Kier molecular flexibility index (Phi) is 9.97. The van der Waals surface area contributed by atoms with Gasteiger partial charge in [-0.15, -0.1) is 11.3 Å². The summed E-state index contributed by atoms with van der Waals surface area (Å²) in [6.07, 6.45) is 10.8. The molecule has 0 saturated heterocycles. The first kappa shape index (κ1) is 37.9. The molecule has 0 aliphatic rings. The van der Waals surface area contributed by atoms with Crippen molar-refractivity contribution in [2.45, 2.75) is 13.8 Å². The van der Waals surface area contributed by atoms with E-state index in [1.165, 1.54) is 104 Å². The van der Waals surface area contributed by atoms with Gasteiger partial charge in [0.05, 0.1) is 0 Å². The van der Waals surface area contributed by atoms with Crippen LogP contribution in [0.2, 0.25) is 0 Å². The summed E-state index contributed by atoms with van der Waals surface area (Å²) in [7, 11) is 0. The third-order valence-electron chi connectivity index (χ3n) is 12.1. The van der Waals surface area contributed by atoms with Gasteiger partial charge in [0.15, 0.2) is 0 Å². The summed E-state index contributed by atoms with van der Waals surface area (Å²) < 4.78 is 1.23. The van der Waals surface area contributed by atoms with E-state index in [4.69, 9.17) is 0 Å². The second-order valence-corrected chi connectivity index (χ2v) is 16.5. The van der Waals surface area contributed by atoms with Crippen molar-refractivity contribution in [3.8, 4) is 44.5 Å². The van der Waals surface area contributed by atoms with Crippen molar-refractivity contribution < 1.29 is 0 Å². The highest BCUT2D eigenvalue weighted by Gasteiger charge is 2.25. The maximum atomic E-state index is 4.51. The minimum Gasteiger partial charge on any atom is -0.135 e. The lowest BCUT2D eigenvalue weighted by Gasteiger charge is -2.22. The van der Waals surface area contributed by atoms with Gasteiger partial charge in [-0.05, 0) is 131 Å². The average Bonchev–Trinajstić information content (AvgIpc) is 3.69. The lowest BCUT2D eigenvalue weighted by molar-refractivity contribution is 1.54. The van der Waals surface area contributed by atoms with Crippen LogP contribution in [0.3, 0.4) is 0 Å². The SMILES string of the molecule is C=Cc1sc2ccc(-c3c4ccccc4c(-c4ccccc4)c4ccccc34)cc2c1/C(=C\C)c1c(C=C)c(/C=C\C)c(-c2cccc(-c3ccccc3)c2)c2ccccc12. The number of hydrogen-bond acceptors (Lipinski definition) is 1. The van der Waals surface area contributed by atoms with Crippen molar-refractivity contribution in [1.82, 2.24) is 0 Å². The maximum absolute atomic E-state index is 4.51. The molecule has 0 bridgehead atoms. The second kappa shape index (κ2) is 16.0. The van der Waals surface area contributed by atoms with Crippen LogP contribution < -0.4 is 0 Å².